The van der Waals surface area contributed by atoms with Crippen LogP contribution in [0.25, 0.3) is 0 Å². The third-order valence-electron chi connectivity index (χ3n) is 6.21. The molecule has 0 aliphatic rings. The van der Waals surface area contributed by atoms with Crippen LogP contribution in [0.1, 0.15) is 38.8 Å². The lowest BCUT2D eigenvalue weighted by Crippen LogP contribution is -2.52. The number of rotatable bonds is 11. The van der Waals surface area contributed by atoms with Crippen molar-refractivity contribution in [1.82, 2.24) is 10.2 Å². The average Bonchev–Trinajstić information content (AvgIpc) is 2.90. The molecule has 3 rings (SSSR count). The van der Waals surface area contributed by atoms with Crippen molar-refractivity contribution >= 4 is 50.7 Å². The maximum Gasteiger partial charge on any atom is 0.264 e. The normalized spacial score (nSPS) is 12.2. The quantitative estimate of drug-likeness (QED) is 0.311. The van der Waals surface area contributed by atoms with Gasteiger partial charge in [0.05, 0.1) is 10.6 Å². The van der Waals surface area contributed by atoms with Crippen LogP contribution in [0.15, 0.2) is 77.7 Å². The summed E-state index contributed by atoms with van der Waals surface area (Å²) in [7, 11) is -4.13. The van der Waals surface area contributed by atoms with Crippen LogP contribution in [0.4, 0.5) is 5.69 Å². The van der Waals surface area contributed by atoms with Gasteiger partial charge < -0.3 is 10.2 Å². The highest BCUT2D eigenvalue weighted by molar-refractivity contribution is 7.92. The van der Waals surface area contributed by atoms with Gasteiger partial charge in [-0.25, -0.2) is 8.42 Å². The number of benzene rings is 3. The van der Waals surface area contributed by atoms with E-state index in [4.69, 9.17) is 23.2 Å². The van der Waals surface area contributed by atoms with E-state index in [-0.39, 0.29) is 23.4 Å². The molecule has 0 aromatic heterocycles. The average molecular weight is 591 g/mol. The van der Waals surface area contributed by atoms with Gasteiger partial charge in [-0.2, -0.15) is 0 Å². The van der Waals surface area contributed by atoms with Crippen LogP contribution in [0.3, 0.4) is 0 Å². The van der Waals surface area contributed by atoms with E-state index in [0.29, 0.717) is 27.7 Å². The van der Waals surface area contributed by atoms with E-state index in [0.717, 1.165) is 9.87 Å². The van der Waals surface area contributed by atoms with E-state index in [1.54, 1.807) is 55.5 Å². The summed E-state index contributed by atoms with van der Waals surface area (Å²) in [5, 5.41) is 3.60. The first-order chi connectivity index (χ1) is 18.4. The predicted molar refractivity (Wildman–Crippen MR) is 157 cm³/mol. The lowest BCUT2D eigenvalue weighted by molar-refractivity contribution is -0.139. The molecule has 0 aliphatic carbocycles. The minimum atomic E-state index is -4.13. The molecule has 1 N–H and O–H groups in total. The zero-order chi connectivity index (χ0) is 28.7. The molecule has 2 amide bonds. The van der Waals surface area contributed by atoms with Crippen molar-refractivity contribution in [3.05, 3.63) is 94.0 Å². The first-order valence-electron chi connectivity index (χ1n) is 12.6. The number of amides is 2. The van der Waals surface area contributed by atoms with Gasteiger partial charge in [0.15, 0.2) is 0 Å². The summed E-state index contributed by atoms with van der Waals surface area (Å²) >= 11 is 12.5. The molecule has 0 saturated heterocycles. The summed E-state index contributed by atoms with van der Waals surface area (Å²) in [5.74, 6) is -0.923. The van der Waals surface area contributed by atoms with Crippen molar-refractivity contribution in [2.45, 2.75) is 57.6 Å². The summed E-state index contributed by atoms with van der Waals surface area (Å²) in [6, 6.07) is 18.9. The van der Waals surface area contributed by atoms with E-state index in [1.165, 1.54) is 17.0 Å². The van der Waals surface area contributed by atoms with Gasteiger partial charge in [-0.3, -0.25) is 13.9 Å². The Bertz CT molecular complexity index is 1420. The van der Waals surface area contributed by atoms with Gasteiger partial charge >= 0.3 is 0 Å². The number of nitrogens with zero attached hydrogens (tertiary/aromatic N) is 2. The van der Waals surface area contributed by atoms with Gasteiger partial charge in [0, 0.05) is 22.6 Å². The Hall–Kier alpha value is -3.07. The number of halogens is 2. The molecule has 208 valence electrons. The second-order valence-corrected chi connectivity index (χ2v) is 12.1. The molecule has 0 fully saturated rings. The number of aryl methyl sites for hydroxylation is 1. The minimum Gasteiger partial charge on any atom is -0.352 e. The highest BCUT2D eigenvalue weighted by Gasteiger charge is 2.33. The van der Waals surface area contributed by atoms with Crippen LogP contribution in [0.2, 0.25) is 10.0 Å². The van der Waals surface area contributed by atoms with Crippen molar-refractivity contribution in [2.24, 2.45) is 0 Å². The number of hydrogen-bond acceptors (Lipinski definition) is 4. The summed E-state index contributed by atoms with van der Waals surface area (Å²) in [6.45, 7) is 6.64. The second-order valence-electron chi connectivity index (χ2n) is 9.40. The molecule has 3 aromatic carbocycles. The number of para-hydroxylation sites is 1. The van der Waals surface area contributed by atoms with Crippen LogP contribution >= 0.6 is 23.2 Å². The molecule has 0 radical (unpaired) electrons. The van der Waals surface area contributed by atoms with E-state index in [9.17, 15) is 18.0 Å². The van der Waals surface area contributed by atoms with Gasteiger partial charge in [-0.15, -0.1) is 0 Å². The van der Waals surface area contributed by atoms with Gasteiger partial charge in [-0.1, -0.05) is 72.6 Å². The van der Waals surface area contributed by atoms with Crippen molar-refractivity contribution in [1.29, 1.82) is 0 Å². The molecule has 10 heteroatoms. The Morgan fingerprint density at radius 3 is 2.15 bits per heavy atom. The molecule has 0 heterocycles. The van der Waals surface area contributed by atoms with Crippen LogP contribution < -0.4 is 9.62 Å². The molecule has 7 nitrogen and oxygen atoms in total. The predicted octanol–water partition coefficient (Wildman–Crippen LogP) is 5.69. The zero-order valence-electron chi connectivity index (χ0n) is 22.4. The third kappa shape index (κ3) is 7.53. The van der Waals surface area contributed by atoms with E-state index in [1.807, 2.05) is 32.9 Å². The molecule has 3 aromatic rings. The molecular formula is C29H33Cl2N3O4S. The molecule has 0 aliphatic heterocycles. The van der Waals surface area contributed by atoms with Crippen LogP contribution in [-0.4, -0.2) is 43.8 Å². The van der Waals surface area contributed by atoms with Crippen molar-refractivity contribution < 1.29 is 18.0 Å². The van der Waals surface area contributed by atoms with Gasteiger partial charge in [-0.05, 0) is 68.7 Å². The monoisotopic (exact) mass is 589 g/mol. The zero-order valence-corrected chi connectivity index (χ0v) is 24.7. The van der Waals surface area contributed by atoms with E-state index in [2.05, 4.69) is 5.32 Å². The van der Waals surface area contributed by atoms with Crippen LogP contribution in [0, 0.1) is 0 Å². The lowest BCUT2D eigenvalue weighted by Gasteiger charge is -2.33. The maximum absolute atomic E-state index is 14.0. The van der Waals surface area contributed by atoms with Gasteiger partial charge in [0.1, 0.15) is 12.6 Å². The summed E-state index contributed by atoms with van der Waals surface area (Å²) in [5.41, 5.74) is 1.74. The Morgan fingerprint density at radius 1 is 0.897 bits per heavy atom. The largest absolute Gasteiger partial charge is 0.352 e. The minimum absolute atomic E-state index is 0.0177. The smallest absolute Gasteiger partial charge is 0.264 e. The Labute approximate surface area is 240 Å². The van der Waals surface area contributed by atoms with Crippen LogP contribution in [-0.2, 0) is 32.6 Å². The summed E-state index contributed by atoms with van der Waals surface area (Å²) in [6.07, 6.45) is 0.558. The van der Waals surface area contributed by atoms with Crippen molar-refractivity contribution in [3.63, 3.8) is 0 Å². The Morgan fingerprint density at radius 2 is 1.54 bits per heavy atom. The molecule has 0 saturated carbocycles. The van der Waals surface area contributed by atoms with Crippen molar-refractivity contribution in [2.75, 3.05) is 10.8 Å². The Balaban J connectivity index is 2.08. The summed E-state index contributed by atoms with van der Waals surface area (Å²) < 4.78 is 28.9. The molecule has 0 spiro atoms. The van der Waals surface area contributed by atoms with Gasteiger partial charge in [0.2, 0.25) is 11.8 Å². The fourth-order valence-electron chi connectivity index (χ4n) is 4.11. The molecule has 39 heavy (non-hydrogen) atoms. The number of carbonyl (C=O) groups excluding carboxylic acids is 2. The molecule has 0 unspecified atom stereocenters. The highest BCUT2D eigenvalue weighted by Crippen LogP contribution is 2.29. The third-order valence-corrected chi connectivity index (χ3v) is 8.57. The molecule has 1 atom stereocenters. The number of carbonyl (C=O) groups is 2. The summed E-state index contributed by atoms with van der Waals surface area (Å²) in [4.78, 5) is 28.4. The topological polar surface area (TPSA) is 86.8 Å². The van der Waals surface area contributed by atoms with Crippen molar-refractivity contribution in [3.8, 4) is 0 Å². The fraction of sp³-hybridized carbons (Fsp3) is 0.310. The van der Waals surface area contributed by atoms with Crippen LogP contribution in [0.5, 0.6) is 0 Å². The first-order valence-corrected chi connectivity index (χ1v) is 14.8. The highest BCUT2D eigenvalue weighted by atomic mass is 35.5. The van der Waals surface area contributed by atoms with Gasteiger partial charge in [0.25, 0.3) is 10.0 Å². The Kier molecular flexibility index (Phi) is 10.4. The maximum atomic E-state index is 14.0. The fourth-order valence-corrected chi connectivity index (χ4v) is 6.05. The number of hydrogen-bond donors (Lipinski definition) is 1. The SMILES string of the molecule is CCc1ccccc1N(CC(=O)N(Cc1ccc(Cl)cc1Cl)[C@@H](C)C(=O)NC(C)C)S(=O)(=O)c1ccccc1. The number of sulfonamides is 1. The lowest BCUT2D eigenvalue weighted by atomic mass is 10.1. The molecular weight excluding hydrogens is 557 g/mol. The number of anilines is 1. The number of nitrogens with one attached hydrogen (secondary N) is 1. The van der Waals surface area contributed by atoms with E-state index < -0.39 is 28.5 Å². The standard InChI is InChI=1S/C29H33Cl2N3O4S/c1-5-22-11-9-10-14-27(22)34(39(37,38)25-12-7-6-8-13-25)19-28(35)33(21(4)29(36)32-20(2)3)18-23-15-16-24(30)17-26(23)31/h6-17,20-21H,5,18-19H2,1-4H3,(H,32,36)/t21-/m0/s1. The first kappa shape index (κ1) is 30.5. The van der Waals surface area contributed by atoms with E-state index >= 15 is 0 Å². The second kappa shape index (κ2) is 13.3. The molecule has 0 bridgehead atoms.